The molecule has 9 nitrogen and oxygen atoms in total. The highest BCUT2D eigenvalue weighted by Crippen LogP contribution is 2.28. The molecule has 1 saturated heterocycles. The molecule has 1 aliphatic heterocycles. The van der Waals surface area contributed by atoms with E-state index < -0.39 is 11.7 Å². The zero-order chi connectivity index (χ0) is 25.7. The topological polar surface area (TPSA) is 109 Å². The van der Waals surface area contributed by atoms with Crippen molar-refractivity contribution in [1.82, 2.24) is 14.8 Å². The van der Waals surface area contributed by atoms with Crippen molar-refractivity contribution < 1.29 is 28.3 Å². The number of aromatic nitrogens is 1. The van der Waals surface area contributed by atoms with E-state index in [9.17, 15) is 23.6 Å². The molecule has 1 N–H and O–H groups in total. The molecule has 1 saturated carbocycles. The number of nitrogens with zero attached hydrogens (tertiary/aromatic N) is 3. The number of rotatable bonds is 9. The summed E-state index contributed by atoms with van der Waals surface area (Å²) in [5.74, 6) is -1.85. The third kappa shape index (κ3) is 6.66. The molecule has 3 amide bonds. The Labute approximate surface area is 212 Å². The predicted octanol–water partition coefficient (Wildman–Crippen LogP) is 2.87. The molecule has 1 aromatic carbocycles. The number of anilines is 1. The summed E-state index contributed by atoms with van der Waals surface area (Å²) < 4.78 is 18.3. The molecule has 11 heteroatoms. The van der Waals surface area contributed by atoms with Crippen LogP contribution >= 0.6 is 11.3 Å². The molecule has 2 heterocycles. The largest absolute Gasteiger partial charge is 0.466 e. The van der Waals surface area contributed by atoms with Gasteiger partial charge in [-0.2, -0.15) is 0 Å². The maximum atomic E-state index is 13.2. The number of carbonyl (C=O) groups excluding carboxylic acids is 4. The molecular weight excluding hydrogens is 487 g/mol. The fourth-order valence-corrected chi connectivity index (χ4v) is 4.92. The first kappa shape index (κ1) is 25.7. The average molecular weight is 517 g/mol. The van der Waals surface area contributed by atoms with Crippen molar-refractivity contribution in [2.24, 2.45) is 5.92 Å². The Bertz CT molecular complexity index is 1120. The lowest BCUT2D eigenvalue weighted by atomic mass is 9.98. The first-order valence-corrected chi connectivity index (χ1v) is 13.0. The second kappa shape index (κ2) is 11.6. The monoisotopic (exact) mass is 516 g/mol. The maximum absolute atomic E-state index is 13.2. The Morgan fingerprint density at radius 2 is 1.94 bits per heavy atom. The zero-order valence-corrected chi connectivity index (χ0v) is 20.9. The highest BCUT2D eigenvalue weighted by Gasteiger charge is 2.34. The highest BCUT2D eigenvalue weighted by atomic mass is 32.1. The van der Waals surface area contributed by atoms with E-state index in [0.29, 0.717) is 42.5 Å². The van der Waals surface area contributed by atoms with Crippen molar-refractivity contribution >= 4 is 40.2 Å². The van der Waals surface area contributed by atoms with Crippen molar-refractivity contribution in [2.45, 2.75) is 45.1 Å². The number of benzene rings is 1. The van der Waals surface area contributed by atoms with Gasteiger partial charge in [-0.1, -0.05) is 0 Å². The van der Waals surface area contributed by atoms with Gasteiger partial charge in [0.1, 0.15) is 12.4 Å². The van der Waals surface area contributed by atoms with Gasteiger partial charge < -0.3 is 19.9 Å². The number of likely N-dealkylation sites (tertiary alicyclic amines) is 1. The van der Waals surface area contributed by atoms with E-state index in [0.717, 1.165) is 19.3 Å². The van der Waals surface area contributed by atoms with Gasteiger partial charge in [0.25, 0.3) is 5.91 Å². The summed E-state index contributed by atoms with van der Waals surface area (Å²) in [5.41, 5.74) is 0.856. The lowest BCUT2D eigenvalue weighted by Crippen LogP contribution is -2.43. The number of nitrogens with one attached hydrogen (secondary N) is 1. The summed E-state index contributed by atoms with van der Waals surface area (Å²) in [6.45, 7) is 2.86. The highest BCUT2D eigenvalue weighted by molar-refractivity contribution is 7.13. The Balaban J connectivity index is 1.30. The van der Waals surface area contributed by atoms with Crippen LogP contribution in [0.4, 0.5) is 9.52 Å². The van der Waals surface area contributed by atoms with Gasteiger partial charge in [-0.3, -0.25) is 19.2 Å². The molecule has 0 spiro atoms. The van der Waals surface area contributed by atoms with Gasteiger partial charge >= 0.3 is 5.97 Å². The molecule has 0 bridgehead atoms. The van der Waals surface area contributed by atoms with E-state index >= 15 is 0 Å². The molecule has 2 aromatic rings. The molecule has 1 aromatic heterocycles. The number of amides is 3. The smallest absolute Gasteiger partial charge is 0.310 e. The van der Waals surface area contributed by atoms with E-state index in [-0.39, 0.29) is 42.7 Å². The summed E-state index contributed by atoms with van der Waals surface area (Å²) in [6.07, 6.45) is 3.15. The van der Waals surface area contributed by atoms with Gasteiger partial charge in [0, 0.05) is 30.1 Å². The van der Waals surface area contributed by atoms with E-state index in [1.807, 2.05) is 0 Å². The Kier molecular flexibility index (Phi) is 8.29. The number of carbonyl (C=O) groups is 4. The van der Waals surface area contributed by atoms with Crippen LogP contribution in [0.3, 0.4) is 0 Å². The average Bonchev–Trinajstić information content (AvgIpc) is 3.63. The first-order valence-electron chi connectivity index (χ1n) is 12.1. The fraction of sp³-hybridized carbons (Fsp3) is 0.480. The number of esters is 1. The molecule has 36 heavy (non-hydrogen) atoms. The van der Waals surface area contributed by atoms with E-state index in [4.69, 9.17) is 4.74 Å². The van der Waals surface area contributed by atoms with Crippen molar-refractivity contribution in [1.29, 1.82) is 0 Å². The van der Waals surface area contributed by atoms with Crippen molar-refractivity contribution in [3.05, 3.63) is 46.7 Å². The van der Waals surface area contributed by atoms with Crippen LogP contribution in [0.25, 0.3) is 0 Å². The number of thiazole rings is 1. The van der Waals surface area contributed by atoms with E-state index in [1.165, 1.54) is 40.5 Å². The summed E-state index contributed by atoms with van der Waals surface area (Å²) >= 11 is 1.20. The van der Waals surface area contributed by atoms with Crippen molar-refractivity contribution in [2.75, 3.05) is 31.6 Å². The Morgan fingerprint density at radius 3 is 2.64 bits per heavy atom. The van der Waals surface area contributed by atoms with Gasteiger partial charge in [0.15, 0.2) is 5.13 Å². The normalized spacial score (nSPS) is 17.4. The molecule has 1 unspecified atom stereocenters. The molecule has 1 aliphatic carbocycles. The minimum atomic E-state index is -0.431. The van der Waals surface area contributed by atoms with Crippen molar-refractivity contribution in [3.8, 4) is 0 Å². The maximum Gasteiger partial charge on any atom is 0.310 e. The van der Waals surface area contributed by atoms with Crippen LogP contribution in [-0.2, 0) is 25.5 Å². The van der Waals surface area contributed by atoms with Gasteiger partial charge in [0.05, 0.1) is 24.6 Å². The van der Waals surface area contributed by atoms with Crippen LogP contribution in [0.1, 0.15) is 48.7 Å². The van der Waals surface area contributed by atoms with E-state index in [1.54, 1.807) is 17.2 Å². The van der Waals surface area contributed by atoms with Crippen LogP contribution in [-0.4, -0.2) is 70.8 Å². The second-order valence-corrected chi connectivity index (χ2v) is 9.83. The number of halogens is 1. The zero-order valence-electron chi connectivity index (χ0n) is 20.1. The van der Waals surface area contributed by atoms with Gasteiger partial charge in [0.2, 0.25) is 11.8 Å². The number of ether oxygens (including phenoxy) is 1. The number of hydrogen-bond donors (Lipinski definition) is 1. The molecule has 1 atom stereocenters. The van der Waals surface area contributed by atoms with Crippen LogP contribution < -0.4 is 5.32 Å². The van der Waals surface area contributed by atoms with Gasteiger partial charge in [-0.05, 0) is 56.9 Å². The molecule has 2 fully saturated rings. The number of hydrogen-bond acceptors (Lipinski definition) is 7. The minimum Gasteiger partial charge on any atom is -0.466 e. The standard InChI is InChI=1S/C25H29FN4O5S/c1-2-35-24(34)17-4-3-11-29(13-17)22(32)12-19-15-36-25(27-19)28-21(31)14-30(20-9-10-20)23(33)16-5-7-18(26)8-6-16/h5-8,15,17,20H,2-4,9-14H2,1H3,(H,27,28,31). The molecule has 192 valence electrons. The predicted molar refractivity (Wildman–Crippen MR) is 131 cm³/mol. The van der Waals surface area contributed by atoms with Crippen molar-refractivity contribution in [3.63, 3.8) is 0 Å². The second-order valence-electron chi connectivity index (χ2n) is 8.97. The van der Waals surface area contributed by atoms with Gasteiger partial charge in [-0.15, -0.1) is 11.3 Å². The third-order valence-corrected chi connectivity index (χ3v) is 6.98. The quantitative estimate of drug-likeness (QED) is 0.514. The molecule has 4 rings (SSSR count). The minimum absolute atomic E-state index is 0.0132. The summed E-state index contributed by atoms with van der Waals surface area (Å²) in [6, 6.07) is 5.24. The summed E-state index contributed by atoms with van der Waals surface area (Å²) in [4.78, 5) is 57.8. The van der Waals surface area contributed by atoms with Crippen LogP contribution in [0.15, 0.2) is 29.6 Å². The molecule has 2 aliphatic rings. The Hall–Kier alpha value is -3.34. The summed E-state index contributed by atoms with van der Waals surface area (Å²) in [7, 11) is 0. The van der Waals surface area contributed by atoms with Crippen LogP contribution in [0, 0.1) is 11.7 Å². The lowest BCUT2D eigenvalue weighted by molar-refractivity contribution is -0.151. The fourth-order valence-electron chi connectivity index (χ4n) is 4.19. The third-order valence-electron chi connectivity index (χ3n) is 6.18. The van der Waals surface area contributed by atoms with Crippen LogP contribution in [0.2, 0.25) is 0 Å². The summed E-state index contributed by atoms with van der Waals surface area (Å²) in [5, 5.41) is 4.76. The molecular formula is C25H29FN4O5S. The Morgan fingerprint density at radius 1 is 1.19 bits per heavy atom. The van der Waals surface area contributed by atoms with Gasteiger partial charge in [-0.25, -0.2) is 9.37 Å². The molecule has 0 radical (unpaired) electrons. The van der Waals surface area contributed by atoms with Crippen LogP contribution in [0.5, 0.6) is 0 Å². The first-order chi connectivity index (χ1) is 17.3. The SMILES string of the molecule is CCOC(=O)C1CCCN(C(=O)Cc2csc(NC(=O)CN(C(=O)c3ccc(F)cc3)C3CC3)n2)C1. The van der Waals surface area contributed by atoms with E-state index in [2.05, 4.69) is 10.3 Å². The lowest BCUT2D eigenvalue weighted by Gasteiger charge is -2.31. The number of piperidine rings is 1.